The number of rotatable bonds is 2. The standard InChI is InChI=1S/C9H12N2O4S/c12-7-2-1-5(10-7)8(13)11-4-16-3-6(11)9(14)15/h5-6H,1-4H2,(H,10,12)(H,14,15)/t5-,6-/m0/s1/i1D2,2D2,5D. The van der Waals surface area contributed by atoms with Gasteiger partial charge in [0.2, 0.25) is 11.8 Å². The molecule has 2 N–H and O–H groups in total. The summed E-state index contributed by atoms with van der Waals surface area (Å²) in [6, 6.07) is -4.13. The number of carboxylic acids is 1. The Morgan fingerprint density at radius 2 is 2.44 bits per heavy atom. The predicted octanol–water partition coefficient (Wildman–Crippen LogP) is -0.749. The van der Waals surface area contributed by atoms with Crippen molar-refractivity contribution in [2.75, 3.05) is 11.6 Å². The first-order chi connectivity index (χ1) is 9.47. The van der Waals surface area contributed by atoms with E-state index >= 15 is 0 Å². The Labute approximate surface area is 103 Å². The van der Waals surface area contributed by atoms with Crippen molar-refractivity contribution in [3.8, 4) is 0 Å². The van der Waals surface area contributed by atoms with Crippen molar-refractivity contribution in [3.05, 3.63) is 0 Å². The highest BCUT2D eigenvalue weighted by Crippen LogP contribution is 2.23. The molecule has 0 bridgehead atoms. The fourth-order valence-electron chi connectivity index (χ4n) is 1.39. The van der Waals surface area contributed by atoms with E-state index in [2.05, 4.69) is 0 Å². The van der Waals surface area contributed by atoms with Gasteiger partial charge in [0.15, 0.2) is 0 Å². The molecule has 2 heterocycles. The number of nitrogens with one attached hydrogen (secondary N) is 1. The second-order valence-corrected chi connectivity index (χ2v) is 4.21. The highest BCUT2D eigenvalue weighted by molar-refractivity contribution is 7.99. The molecule has 6 nitrogen and oxygen atoms in total. The van der Waals surface area contributed by atoms with Crippen molar-refractivity contribution in [2.24, 2.45) is 0 Å². The molecule has 2 aliphatic heterocycles. The van der Waals surface area contributed by atoms with E-state index < -0.39 is 42.6 Å². The molecule has 2 fully saturated rings. The van der Waals surface area contributed by atoms with Gasteiger partial charge in [-0.1, -0.05) is 0 Å². The van der Waals surface area contributed by atoms with Crippen LogP contribution in [0.4, 0.5) is 0 Å². The van der Waals surface area contributed by atoms with Gasteiger partial charge in [0.1, 0.15) is 12.1 Å². The molecular formula is C9H12N2O4S. The van der Waals surface area contributed by atoms with Crippen LogP contribution in [-0.2, 0) is 14.4 Å². The van der Waals surface area contributed by atoms with Gasteiger partial charge in [-0.25, -0.2) is 4.79 Å². The lowest BCUT2D eigenvalue weighted by Crippen LogP contribution is -2.49. The number of carboxylic acid groups (broad SMARTS) is 1. The van der Waals surface area contributed by atoms with Crippen LogP contribution in [0.25, 0.3) is 0 Å². The van der Waals surface area contributed by atoms with E-state index in [1.165, 1.54) is 0 Å². The minimum Gasteiger partial charge on any atom is -0.480 e. The second-order valence-electron chi connectivity index (χ2n) is 3.21. The van der Waals surface area contributed by atoms with Crippen LogP contribution >= 0.6 is 11.8 Å². The Bertz CT molecular complexity index is 530. The molecule has 0 saturated carbocycles. The first kappa shape index (κ1) is 6.48. The minimum absolute atomic E-state index is 0.0641. The zero-order valence-corrected chi connectivity index (χ0v) is 8.84. The predicted molar refractivity (Wildman–Crippen MR) is 56.8 cm³/mol. The normalized spacial score (nSPS) is 44.8. The van der Waals surface area contributed by atoms with Crippen LogP contribution in [0, 0.1) is 0 Å². The molecule has 0 aliphatic carbocycles. The zero-order valence-electron chi connectivity index (χ0n) is 13.0. The van der Waals surface area contributed by atoms with Crippen LogP contribution < -0.4 is 5.32 Å². The monoisotopic (exact) mass is 249 g/mol. The Kier molecular flexibility index (Phi) is 1.75. The van der Waals surface area contributed by atoms with Crippen molar-refractivity contribution in [1.82, 2.24) is 10.2 Å². The highest BCUT2D eigenvalue weighted by atomic mass is 32.2. The molecule has 88 valence electrons. The molecule has 2 atom stereocenters. The lowest BCUT2D eigenvalue weighted by atomic mass is 10.2. The first-order valence-corrected chi connectivity index (χ1v) is 5.56. The Hall–Kier alpha value is -1.24. The largest absolute Gasteiger partial charge is 0.480 e. The lowest BCUT2D eigenvalue weighted by molar-refractivity contribution is -0.148. The van der Waals surface area contributed by atoms with Gasteiger partial charge in [0.05, 0.1) is 7.25 Å². The lowest BCUT2D eigenvalue weighted by Gasteiger charge is -2.23. The van der Waals surface area contributed by atoms with Crippen LogP contribution in [0.1, 0.15) is 19.6 Å². The number of thioether (sulfide) groups is 1. The van der Waals surface area contributed by atoms with Gasteiger partial charge >= 0.3 is 5.97 Å². The van der Waals surface area contributed by atoms with Crippen LogP contribution in [0.3, 0.4) is 0 Å². The van der Waals surface area contributed by atoms with Crippen LogP contribution in [0.2, 0.25) is 0 Å². The summed E-state index contributed by atoms with van der Waals surface area (Å²) in [5, 5.41) is 10.8. The van der Waals surface area contributed by atoms with Gasteiger partial charge in [-0.3, -0.25) is 9.59 Å². The molecule has 2 aliphatic rings. The van der Waals surface area contributed by atoms with E-state index in [0.717, 1.165) is 16.7 Å². The van der Waals surface area contributed by atoms with Crippen molar-refractivity contribution < 1.29 is 26.3 Å². The smallest absolute Gasteiger partial charge is 0.327 e. The summed E-state index contributed by atoms with van der Waals surface area (Å²) in [7, 11) is 0. The molecule has 0 spiro atoms. The SMILES string of the molecule is [2H]C1([2H])C(=O)N[C@]([2H])(C(=O)N2CSC[C@H]2C(=O)O)C1([2H])[2H]. The summed E-state index contributed by atoms with van der Waals surface area (Å²) >= 11 is 1.12. The third-order valence-corrected chi connectivity index (χ3v) is 3.19. The summed E-state index contributed by atoms with van der Waals surface area (Å²) < 4.78 is 38.1. The van der Waals surface area contributed by atoms with E-state index in [4.69, 9.17) is 12.0 Å². The van der Waals surface area contributed by atoms with Gasteiger partial charge in [-0.15, -0.1) is 11.8 Å². The van der Waals surface area contributed by atoms with Crippen molar-refractivity contribution in [1.29, 1.82) is 0 Å². The third kappa shape index (κ3) is 1.99. The summed E-state index contributed by atoms with van der Waals surface area (Å²) in [6.45, 7) is 0. The maximum Gasteiger partial charge on any atom is 0.327 e. The average Bonchev–Trinajstić information content (AvgIpc) is 2.89. The summed E-state index contributed by atoms with van der Waals surface area (Å²) in [5.41, 5.74) is 0. The average molecular weight is 249 g/mol. The number of carbonyl (C=O) groups excluding carboxylic acids is 2. The van der Waals surface area contributed by atoms with E-state index in [-0.39, 0.29) is 11.6 Å². The topological polar surface area (TPSA) is 86.7 Å². The van der Waals surface area contributed by atoms with Crippen molar-refractivity contribution in [2.45, 2.75) is 24.8 Å². The van der Waals surface area contributed by atoms with Gasteiger partial charge in [0.25, 0.3) is 0 Å². The highest BCUT2D eigenvalue weighted by Gasteiger charge is 2.39. The summed E-state index contributed by atoms with van der Waals surface area (Å²) in [6.07, 6.45) is -6.19. The van der Waals surface area contributed by atoms with Gasteiger partial charge < -0.3 is 15.3 Å². The minimum atomic E-state index is -3.13. The number of carbonyl (C=O) groups is 3. The Morgan fingerprint density at radius 1 is 1.69 bits per heavy atom. The number of hydrogen-bond donors (Lipinski definition) is 2. The summed E-state index contributed by atoms with van der Waals surface area (Å²) in [4.78, 5) is 35.7. The van der Waals surface area contributed by atoms with Gasteiger partial charge in [-0.2, -0.15) is 0 Å². The van der Waals surface area contributed by atoms with Crippen LogP contribution in [0.5, 0.6) is 0 Å². The molecule has 0 radical (unpaired) electrons. The van der Waals surface area contributed by atoms with Gasteiger partial charge in [0, 0.05) is 17.6 Å². The molecule has 2 amide bonds. The first-order valence-electron chi connectivity index (χ1n) is 6.91. The zero-order chi connectivity index (χ0) is 16.2. The Balaban J connectivity index is 2.39. The molecule has 0 aromatic heterocycles. The second kappa shape index (κ2) is 4.32. The molecule has 2 saturated heterocycles. The number of amides is 2. The molecule has 7 heteroatoms. The third-order valence-electron chi connectivity index (χ3n) is 2.18. The van der Waals surface area contributed by atoms with E-state index in [0.29, 0.717) is 0 Å². The Morgan fingerprint density at radius 3 is 3.00 bits per heavy atom. The fourth-order valence-corrected chi connectivity index (χ4v) is 2.54. The molecule has 0 aromatic carbocycles. The molecule has 0 unspecified atom stereocenters. The molecular weight excluding hydrogens is 232 g/mol. The fraction of sp³-hybridized carbons (Fsp3) is 0.667. The van der Waals surface area contributed by atoms with Crippen molar-refractivity contribution in [3.63, 3.8) is 0 Å². The maximum atomic E-state index is 12.4. The molecule has 0 aromatic rings. The molecule has 16 heavy (non-hydrogen) atoms. The maximum absolute atomic E-state index is 12.4. The summed E-state index contributed by atoms with van der Waals surface area (Å²) in [5.74, 6) is -3.95. The number of aliphatic carboxylic acids is 1. The van der Waals surface area contributed by atoms with Gasteiger partial charge in [-0.05, 0) is 6.37 Å². The van der Waals surface area contributed by atoms with E-state index in [9.17, 15) is 14.4 Å². The van der Waals surface area contributed by atoms with E-state index in [1.54, 1.807) is 5.32 Å². The quantitative estimate of drug-likeness (QED) is 0.672. The van der Waals surface area contributed by atoms with Crippen LogP contribution in [-0.4, -0.2) is 51.5 Å². The van der Waals surface area contributed by atoms with Crippen LogP contribution in [0.15, 0.2) is 0 Å². The molecule has 2 rings (SSSR count). The van der Waals surface area contributed by atoms with E-state index in [1.807, 2.05) is 0 Å². The number of nitrogens with zero attached hydrogens (tertiary/aromatic N) is 1. The number of hydrogen-bond acceptors (Lipinski definition) is 4. The van der Waals surface area contributed by atoms with Crippen molar-refractivity contribution >= 4 is 29.5 Å².